The molecular formula is C23H34N2O2. The smallest absolute Gasteiger partial charge is 0.254 e. The highest BCUT2D eigenvalue weighted by Gasteiger charge is 2.46. The second-order valence-electron chi connectivity index (χ2n) is 8.35. The molecule has 0 saturated carbocycles. The molecule has 148 valence electrons. The molecule has 1 aromatic rings. The van der Waals surface area contributed by atoms with Crippen LogP contribution in [0.2, 0.25) is 0 Å². The summed E-state index contributed by atoms with van der Waals surface area (Å²) < 4.78 is 0. The van der Waals surface area contributed by atoms with Gasteiger partial charge in [-0.3, -0.25) is 9.69 Å². The normalized spacial score (nSPS) is 27.2. The fourth-order valence-corrected chi connectivity index (χ4v) is 4.76. The molecule has 1 N–H and O–H groups in total. The van der Waals surface area contributed by atoms with Gasteiger partial charge in [-0.05, 0) is 51.2 Å². The van der Waals surface area contributed by atoms with Crippen LogP contribution in [-0.2, 0) is 6.42 Å². The predicted molar refractivity (Wildman–Crippen MR) is 110 cm³/mol. The van der Waals surface area contributed by atoms with E-state index in [0.717, 1.165) is 63.0 Å². The number of hydrogen-bond acceptors (Lipinski definition) is 3. The first-order valence-electron chi connectivity index (χ1n) is 10.4. The third-order valence-electron chi connectivity index (χ3n) is 6.45. The van der Waals surface area contributed by atoms with Crippen molar-refractivity contribution in [3.05, 3.63) is 47.0 Å². The molecule has 1 spiro atoms. The van der Waals surface area contributed by atoms with E-state index in [0.29, 0.717) is 6.54 Å². The third kappa shape index (κ3) is 4.27. The van der Waals surface area contributed by atoms with E-state index < -0.39 is 0 Å². The summed E-state index contributed by atoms with van der Waals surface area (Å²) in [5.74, 6) is 0.125. The Labute approximate surface area is 163 Å². The number of amides is 1. The van der Waals surface area contributed by atoms with Crippen molar-refractivity contribution in [2.75, 3.05) is 32.7 Å². The van der Waals surface area contributed by atoms with Gasteiger partial charge in [-0.25, -0.2) is 0 Å². The monoisotopic (exact) mass is 370 g/mol. The minimum Gasteiger partial charge on any atom is -0.392 e. The van der Waals surface area contributed by atoms with Crippen molar-refractivity contribution in [3.8, 4) is 0 Å². The first-order valence-corrected chi connectivity index (χ1v) is 10.4. The van der Waals surface area contributed by atoms with Gasteiger partial charge in [0.2, 0.25) is 0 Å². The van der Waals surface area contributed by atoms with Gasteiger partial charge in [0, 0.05) is 43.7 Å². The SMILES string of the molecule is C/C=C(\C)CN1CC[C@@H](O)[C@]2(CCCN(C(=O)c3ccccc3CC)C2)C1. The zero-order valence-electron chi connectivity index (χ0n) is 17.1. The second kappa shape index (κ2) is 8.57. The number of piperidine rings is 2. The predicted octanol–water partition coefficient (Wildman–Crippen LogP) is 3.50. The van der Waals surface area contributed by atoms with E-state index in [9.17, 15) is 9.90 Å². The summed E-state index contributed by atoms with van der Waals surface area (Å²) in [5, 5.41) is 10.9. The number of carbonyl (C=O) groups excluding carboxylic acids is 1. The standard InChI is InChI=1S/C23H34N2O2/c1-4-18(3)15-24-14-11-21(26)23(16-24)12-8-13-25(17-23)22(27)20-10-7-6-9-19(20)5-2/h4,6-7,9-10,21,26H,5,8,11-17H2,1-3H3/b18-4+/t21-,23-/m1/s1. The Morgan fingerprint density at radius 2 is 2.07 bits per heavy atom. The fraction of sp³-hybridized carbons (Fsp3) is 0.609. The average Bonchev–Trinajstić information content (AvgIpc) is 2.70. The van der Waals surface area contributed by atoms with Crippen molar-refractivity contribution < 1.29 is 9.90 Å². The number of allylic oxidation sites excluding steroid dienone is 1. The lowest BCUT2D eigenvalue weighted by atomic mass is 9.71. The number of hydrogen-bond donors (Lipinski definition) is 1. The van der Waals surface area contributed by atoms with E-state index in [1.165, 1.54) is 5.57 Å². The molecule has 0 aliphatic carbocycles. The van der Waals surface area contributed by atoms with Gasteiger partial charge in [-0.15, -0.1) is 0 Å². The summed E-state index contributed by atoms with van der Waals surface area (Å²) in [6, 6.07) is 7.94. The zero-order valence-corrected chi connectivity index (χ0v) is 17.1. The van der Waals surface area contributed by atoms with Crippen LogP contribution >= 0.6 is 0 Å². The van der Waals surface area contributed by atoms with Crippen molar-refractivity contribution in [2.45, 2.75) is 52.6 Å². The molecule has 2 aliphatic rings. The van der Waals surface area contributed by atoms with E-state index in [2.05, 4.69) is 31.7 Å². The molecule has 2 fully saturated rings. The van der Waals surface area contributed by atoms with Crippen LogP contribution in [0.3, 0.4) is 0 Å². The van der Waals surface area contributed by atoms with Gasteiger partial charge in [-0.2, -0.15) is 0 Å². The summed E-state index contributed by atoms with van der Waals surface area (Å²) in [6.07, 6.45) is 5.46. The minimum atomic E-state index is -0.323. The molecule has 0 unspecified atom stereocenters. The highest BCUT2D eigenvalue weighted by atomic mass is 16.3. The number of nitrogens with zero attached hydrogens (tertiary/aromatic N) is 2. The first kappa shape index (κ1) is 20.1. The molecule has 1 amide bonds. The Morgan fingerprint density at radius 1 is 1.30 bits per heavy atom. The maximum absolute atomic E-state index is 13.2. The number of aliphatic hydroxyl groups excluding tert-OH is 1. The Hall–Kier alpha value is -1.65. The van der Waals surface area contributed by atoms with Gasteiger partial charge < -0.3 is 10.0 Å². The fourth-order valence-electron chi connectivity index (χ4n) is 4.76. The van der Waals surface area contributed by atoms with Crippen LogP contribution in [0, 0.1) is 5.41 Å². The summed E-state index contributed by atoms with van der Waals surface area (Å²) in [7, 11) is 0. The average molecular weight is 371 g/mol. The van der Waals surface area contributed by atoms with Crippen LogP contribution in [0.25, 0.3) is 0 Å². The molecule has 0 radical (unpaired) electrons. The molecule has 4 nitrogen and oxygen atoms in total. The van der Waals surface area contributed by atoms with Crippen LogP contribution in [0.15, 0.2) is 35.9 Å². The lowest BCUT2D eigenvalue weighted by molar-refractivity contribution is -0.0767. The van der Waals surface area contributed by atoms with Crippen LogP contribution in [-0.4, -0.2) is 59.6 Å². The van der Waals surface area contributed by atoms with E-state index in [4.69, 9.17) is 0 Å². The lowest BCUT2D eigenvalue weighted by Gasteiger charge is -2.51. The number of likely N-dealkylation sites (tertiary alicyclic amines) is 2. The van der Waals surface area contributed by atoms with Crippen molar-refractivity contribution in [1.82, 2.24) is 9.80 Å². The number of carbonyl (C=O) groups is 1. The van der Waals surface area contributed by atoms with Gasteiger partial charge in [0.15, 0.2) is 0 Å². The third-order valence-corrected chi connectivity index (χ3v) is 6.45. The molecule has 27 heavy (non-hydrogen) atoms. The first-order chi connectivity index (χ1) is 13.0. The number of aliphatic hydroxyl groups is 1. The highest BCUT2D eigenvalue weighted by Crippen LogP contribution is 2.39. The Kier molecular flexibility index (Phi) is 6.38. The number of aryl methyl sites for hydroxylation is 1. The molecule has 2 aliphatic heterocycles. The zero-order chi connectivity index (χ0) is 19.4. The van der Waals surface area contributed by atoms with E-state index >= 15 is 0 Å². The molecule has 2 heterocycles. The summed E-state index contributed by atoms with van der Waals surface area (Å²) in [5.41, 5.74) is 3.10. The number of rotatable bonds is 4. The summed E-state index contributed by atoms with van der Waals surface area (Å²) >= 11 is 0. The molecule has 1 aromatic carbocycles. The number of benzene rings is 1. The van der Waals surface area contributed by atoms with Crippen LogP contribution in [0.4, 0.5) is 0 Å². The van der Waals surface area contributed by atoms with E-state index in [-0.39, 0.29) is 17.4 Å². The Morgan fingerprint density at radius 3 is 2.81 bits per heavy atom. The molecule has 2 atom stereocenters. The van der Waals surface area contributed by atoms with Gasteiger partial charge in [0.1, 0.15) is 0 Å². The van der Waals surface area contributed by atoms with Crippen LogP contribution < -0.4 is 0 Å². The van der Waals surface area contributed by atoms with Crippen LogP contribution in [0.5, 0.6) is 0 Å². The van der Waals surface area contributed by atoms with Crippen molar-refractivity contribution in [3.63, 3.8) is 0 Å². The Bertz CT molecular complexity index is 699. The highest BCUT2D eigenvalue weighted by molar-refractivity contribution is 5.95. The minimum absolute atomic E-state index is 0.125. The van der Waals surface area contributed by atoms with E-state index in [1.54, 1.807) is 0 Å². The molecular weight excluding hydrogens is 336 g/mol. The Balaban J connectivity index is 1.78. The molecule has 4 heteroatoms. The summed E-state index contributed by atoms with van der Waals surface area (Å²) in [6.45, 7) is 10.6. The summed E-state index contributed by atoms with van der Waals surface area (Å²) in [4.78, 5) is 17.7. The largest absolute Gasteiger partial charge is 0.392 e. The quantitative estimate of drug-likeness (QED) is 0.825. The topological polar surface area (TPSA) is 43.8 Å². The molecule has 3 rings (SSSR count). The second-order valence-corrected chi connectivity index (χ2v) is 8.35. The van der Waals surface area contributed by atoms with E-state index in [1.807, 2.05) is 29.2 Å². The maximum Gasteiger partial charge on any atom is 0.254 e. The van der Waals surface area contributed by atoms with Crippen molar-refractivity contribution in [2.24, 2.45) is 5.41 Å². The van der Waals surface area contributed by atoms with Crippen LogP contribution in [0.1, 0.15) is 56.0 Å². The lowest BCUT2D eigenvalue weighted by Crippen LogP contribution is -2.60. The molecule has 2 saturated heterocycles. The van der Waals surface area contributed by atoms with Gasteiger partial charge in [-0.1, -0.05) is 36.8 Å². The van der Waals surface area contributed by atoms with Crippen molar-refractivity contribution in [1.29, 1.82) is 0 Å². The molecule has 0 bridgehead atoms. The molecule has 0 aromatic heterocycles. The van der Waals surface area contributed by atoms with Gasteiger partial charge in [0.25, 0.3) is 5.91 Å². The van der Waals surface area contributed by atoms with Gasteiger partial charge in [0.05, 0.1) is 6.10 Å². The van der Waals surface area contributed by atoms with Crippen molar-refractivity contribution >= 4 is 5.91 Å². The van der Waals surface area contributed by atoms with Gasteiger partial charge >= 0.3 is 0 Å². The maximum atomic E-state index is 13.2.